The molecule has 0 spiro atoms. The first kappa shape index (κ1) is 14.4. The Labute approximate surface area is 118 Å². The Bertz CT molecular complexity index is 527. The third-order valence-corrected chi connectivity index (χ3v) is 3.40. The minimum atomic E-state index is -1.01. The normalized spacial score (nSPS) is 17.6. The minimum Gasteiger partial charge on any atom is -0.479 e. The largest absolute Gasteiger partial charge is 0.479 e. The number of ether oxygens (including phenoxy) is 1. The minimum absolute atomic E-state index is 0.115. The lowest BCUT2D eigenvalue weighted by Gasteiger charge is -2.33. The van der Waals surface area contributed by atoms with E-state index in [0.717, 1.165) is 19.3 Å². The smallest absolute Gasteiger partial charge is 0.335 e. The van der Waals surface area contributed by atoms with Gasteiger partial charge < -0.3 is 14.7 Å². The van der Waals surface area contributed by atoms with E-state index in [-0.39, 0.29) is 11.5 Å². The van der Waals surface area contributed by atoms with Crippen LogP contribution in [0.1, 0.15) is 43.5 Å². The lowest BCUT2D eigenvalue weighted by atomic mass is 10.1. The molecule has 0 aromatic heterocycles. The van der Waals surface area contributed by atoms with Gasteiger partial charge in [-0.1, -0.05) is 19.8 Å². The Morgan fingerprint density at radius 3 is 2.80 bits per heavy atom. The topological polar surface area (TPSA) is 66.8 Å². The van der Waals surface area contributed by atoms with E-state index in [4.69, 9.17) is 9.84 Å². The first-order valence-corrected chi connectivity index (χ1v) is 6.90. The average Bonchev–Trinajstić information content (AvgIpc) is 2.42. The molecule has 0 fully saturated rings. The Hall–Kier alpha value is -2.04. The summed E-state index contributed by atoms with van der Waals surface area (Å²) in [5.74, 6) is -0.554. The predicted octanol–water partition coefficient (Wildman–Crippen LogP) is 2.69. The molecule has 1 aliphatic heterocycles. The fourth-order valence-corrected chi connectivity index (χ4v) is 2.29. The molecule has 0 saturated heterocycles. The van der Waals surface area contributed by atoms with Crippen molar-refractivity contribution in [3.63, 3.8) is 0 Å². The van der Waals surface area contributed by atoms with Crippen molar-refractivity contribution in [1.82, 2.24) is 0 Å². The van der Waals surface area contributed by atoms with Gasteiger partial charge in [-0.2, -0.15) is 0 Å². The van der Waals surface area contributed by atoms with E-state index in [0.29, 0.717) is 18.0 Å². The first-order valence-electron chi connectivity index (χ1n) is 6.90. The van der Waals surface area contributed by atoms with E-state index in [1.54, 1.807) is 17.9 Å². The van der Waals surface area contributed by atoms with Crippen molar-refractivity contribution in [1.29, 1.82) is 0 Å². The van der Waals surface area contributed by atoms with Crippen LogP contribution in [0.3, 0.4) is 0 Å². The second kappa shape index (κ2) is 5.94. The molecule has 1 unspecified atom stereocenters. The molecule has 2 rings (SSSR count). The van der Waals surface area contributed by atoms with Crippen molar-refractivity contribution in [2.24, 2.45) is 0 Å². The summed E-state index contributed by atoms with van der Waals surface area (Å²) in [7, 11) is 0. The Balaban J connectivity index is 2.33. The summed E-state index contributed by atoms with van der Waals surface area (Å²) in [4.78, 5) is 24.9. The van der Waals surface area contributed by atoms with Crippen molar-refractivity contribution >= 4 is 17.6 Å². The number of unbranched alkanes of at least 4 members (excludes halogenated alkanes) is 2. The van der Waals surface area contributed by atoms with E-state index >= 15 is 0 Å². The molecule has 0 aliphatic carbocycles. The number of fused-ring (bicyclic) bond motifs is 1. The van der Waals surface area contributed by atoms with Crippen molar-refractivity contribution in [2.45, 2.75) is 39.2 Å². The molecule has 1 atom stereocenters. The highest BCUT2D eigenvalue weighted by Crippen LogP contribution is 2.35. The first-order chi connectivity index (χ1) is 9.54. The summed E-state index contributed by atoms with van der Waals surface area (Å²) in [5.41, 5.74) is 0.722. The van der Waals surface area contributed by atoms with E-state index in [9.17, 15) is 9.59 Å². The van der Waals surface area contributed by atoms with Gasteiger partial charge in [0, 0.05) is 6.54 Å². The van der Waals surface area contributed by atoms with Crippen LogP contribution in [-0.4, -0.2) is 29.6 Å². The molecule has 0 bridgehead atoms. The lowest BCUT2D eigenvalue weighted by Crippen LogP contribution is -2.45. The van der Waals surface area contributed by atoms with Crippen LogP contribution in [0.25, 0.3) is 0 Å². The van der Waals surface area contributed by atoms with Gasteiger partial charge in [0.25, 0.3) is 5.91 Å². The monoisotopic (exact) mass is 277 g/mol. The fraction of sp³-hybridized carbons (Fsp3) is 0.467. The number of nitrogens with zero attached hydrogens (tertiary/aromatic N) is 1. The zero-order valence-corrected chi connectivity index (χ0v) is 11.8. The number of rotatable bonds is 5. The molecule has 0 saturated carbocycles. The number of carboxylic acid groups (broad SMARTS) is 1. The van der Waals surface area contributed by atoms with Gasteiger partial charge in [-0.05, 0) is 31.5 Å². The highest BCUT2D eigenvalue weighted by Gasteiger charge is 2.31. The third kappa shape index (κ3) is 2.76. The van der Waals surface area contributed by atoms with Gasteiger partial charge in [-0.25, -0.2) is 4.79 Å². The molecule has 5 nitrogen and oxygen atoms in total. The van der Waals surface area contributed by atoms with Crippen LogP contribution in [0.2, 0.25) is 0 Å². The number of aromatic carboxylic acids is 1. The maximum absolute atomic E-state index is 12.2. The molecule has 1 amide bonds. The van der Waals surface area contributed by atoms with Gasteiger partial charge in [-0.3, -0.25) is 4.79 Å². The van der Waals surface area contributed by atoms with Crippen LogP contribution in [-0.2, 0) is 4.79 Å². The molecular weight excluding hydrogens is 258 g/mol. The van der Waals surface area contributed by atoms with Crippen LogP contribution >= 0.6 is 0 Å². The van der Waals surface area contributed by atoms with Crippen molar-refractivity contribution in [2.75, 3.05) is 11.4 Å². The van der Waals surface area contributed by atoms with Crippen molar-refractivity contribution < 1.29 is 19.4 Å². The number of anilines is 1. The van der Waals surface area contributed by atoms with Gasteiger partial charge in [0.2, 0.25) is 0 Å². The van der Waals surface area contributed by atoms with E-state index in [1.807, 2.05) is 0 Å². The summed E-state index contributed by atoms with van der Waals surface area (Å²) in [6, 6.07) is 4.62. The van der Waals surface area contributed by atoms with Gasteiger partial charge in [0.05, 0.1) is 11.3 Å². The number of hydrogen-bond donors (Lipinski definition) is 1. The van der Waals surface area contributed by atoms with Crippen LogP contribution in [0.5, 0.6) is 5.75 Å². The Morgan fingerprint density at radius 2 is 2.15 bits per heavy atom. The molecular formula is C15H19NO4. The third-order valence-electron chi connectivity index (χ3n) is 3.40. The summed E-state index contributed by atoms with van der Waals surface area (Å²) in [5, 5.41) is 9.06. The van der Waals surface area contributed by atoms with Crippen molar-refractivity contribution in [3.8, 4) is 5.75 Å². The fourth-order valence-electron chi connectivity index (χ4n) is 2.29. The number of benzene rings is 1. The zero-order chi connectivity index (χ0) is 14.7. The quantitative estimate of drug-likeness (QED) is 0.840. The van der Waals surface area contributed by atoms with Gasteiger partial charge >= 0.3 is 5.97 Å². The van der Waals surface area contributed by atoms with Crippen LogP contribution in [0, 0.1) is 0 Å². The summed E-state index contributed by atoms with van der Waals surface area (Å²) < 4.78 is 5.53. The van der Waals surface area contributed by atoms with Crippen LogP contribution in [0.15, 0.2) is 18.2 Å². The predicted molar refractivity (Wildman–Crippen MR) is 75.4 cm³/mol. The molecule has 20 heavy (non-hydrogen) atoms. The molecule has 5 heteroatoms. The maximum atomic E-state index is 12.2. The zero-order valence-electron chi connectivity index (χ0n) is 11.8. The number of amides is 1. The lowest BCUT2D eigenvalue weighted by molar-refractivity contribution is -0.125. The highest BCUT2D eigenvalue weighted by molar-refractivity contribution is 6.01. The summed E-state index contributed by atoms with van der Waals surface area (Å²) in [6.07, 6.45) is 2.47. The van der Waals surface area contributed by atoms with E-state index < -0.39 is 12.1 Å². The molecule has 0 radical (unpaired) electrons. The number of carbonyl (C=O) groups excluding carboxylic acids is 1. The Kier molecular flexibility index (Phi) is 4.27. The summed E-state index contributed by atoms with van der Waals surface area (Å²) in [6.45, 7) is 4.40. The van der Waals surface area contributed by atoms with Gasteiger partial charge in [0.15, 0.2) is 6.10 Å². The second-order valence-corrected chi connectivity index (χ2v) is 4.94. The molecule has 108 valence electrons. The molecule has 1 aromatic carbocycles. The van der Waals surface area contributed by atoms with Gasteiger partial charge in [-0.15, -0.1) is 0 Å². The second-order valence-electron chi connectivity index (χ2n) is 4.94. The molecule has 1 aliphatic rings. The highest BCUT2D eigenvalue weighted by atomic mass is 16.5. The van der Waals surface area contributed by atoms with Gasteiger partial charge in [0.1, 0.15) is 5.75 Å². The summed E-state index contributed by atoms with van der Waals surface area (Å²) >= 11 is 0. The molecule has 1 heterocycles. The SMILES string of the molecule is CCCCCN1C(=O)C(C)Oc2ccc(C(=O)O)cc21. The van der Waals surface area contributed by atoms with Crippen LogP contribution in [0.4, 0.5) is 5.69 Å². The van der Waals surface area contributed by atoms with E-state index in [1.165, 1.54) is 12.1 Å². The van der Waals surface area contributed by atoms with Crippen LogP contribution < -0.4 is 9.64 Å². The van der Waals surface area contributed by atoms with Crippen molar-refractivity contribution in [3.05, 3.63) is 23.8 Å². The number of hydrogen-bond acceptors (Lipinski definition) is 3. The number of carboxylic acids is 1. The average molecular weight is 277 g/mol. The number of carbonyl (C=O) groups is 2. The van der Waals surface area contributed by atoms with E-state index in [2.05, 4.69) is 6.92 Å². The molecule has 1 aromatic rings. The molecule has 1 N–H and O–H groups in total. The standard InChI is InChI=1S/C15H19NO4/c1-3-4-5-8-16-12-9-11(15(18)19)6-7-13(12)20-10(2)14(16)17/h6-7,9-10H,3-5,8H2,1-2H3,(H,18,19). The maximum Gasteiger partial charge on any atom is 0.335 e. The Morgan fingerprint density at radius 1 is 1.40 bits per heavy atom.